The van der Waals surface area contributed by atoms with Gasteiger partial charge < -0.3 is 10.0 Å². The molecule has 0 radical (unpaired) electrons. The van der Waals surface area contributed by atoms with Gasteiger partial charge in [0.15, 0.2) is 5.82 Å². The van der Waals surface area contributed by atoms with E-state index in [0.717, 1.165) is 23.2 Å². The summed E-state index contributed by atoms with van der Waals surface area (Å²) < 4.78 is 1.46. The molecular formula is C19H20N6O2. The van der Waals surface area contributed by atoms with E-state index in [1.54, 1.807) is 6.07 Å². The van der Waals surface area contributed by atoms with Gasteiger partial charge in [-0.3, -0.25) is 5.10 Å². The number of aryl methyl sites for hydroxylation is 1. The van der Waals surface area contributed by atoms with Crippen LogP contribution in [0.25, 0.3) is 28.0 Å². The van der Waals surface area contributed by atoms with Crippen LogP contribution in [-0.4, -0.2) is 44.2 Å². The summed E-state index contributed by atoms with van der Waals surface area (Å²) in [7, 11) is 3.87. The molecule has 8 heteroatoms. The number of benzene rings is 2. The molecule has 2 aromatic carbocycles. The normalized spacial score (nSPS) is 11.2. The molecule has 0 aliphatic carbocycles. The molecule has 0 aliphatic heterocycles. The fourth-order valence-corrected chi connectivity index (χ4v) is 3.18. The first-order valence-corrected chi connectivity index (χ1v) is 8.65. The van der Waals surface area contributed by atoms with E-state index in [2.05, 4.69) is 20.4 Å². The fraction of sp³-hybridized carbons (Fsp3) is 0.211. The molecule has 4 aromatic rings. The van der Waals surface area contributed by atoms with Gasteiger partial charge in [-0.15, -0.1) is 0 Å². The van der Waals surface area contributed by atoms with Gasteiger partial charge >= 0.3 is 5.69 Å². The Labute approximate surface area is 155 Å². The molecule has 0 saturated carbocycles. The number of rotatable bonds is 4. The zero-order chi connectivity index (χ0) is 19.1. The van der Waals surface area contributed by atoms with E-state index in [1.165, 1.54) is 4.57 Å². The van der Waals surface area contributed by atoms with Crippen LogP contribution in [0.15, 0.2) is 41.2 Å². The number of nitrogens with zero attached hydrogens (tertiary/aromatic N) is 4. The molecule has 2 aromatic heterocycles. The van der Waals surface area contributed by atoms with Crippen molar-refractivity contribution in [2.75, 3.05) is 19.0 Å². The van der Waals surface area contributed by atoms with Gasteiger partial charge in [-0.25, -0.2) is 14.5 Å². The van der Waals surface area contributed by atoms with E-state index in [9.17, 15) is 9.90 Å². The number of aromatic nitrogens is 5. The lowest BCUT2D eigenvalue weighted by molar-refractivity contribution is 0.477. The predicted octanol–water partition coefficient (Wildman–Crippen LogP) is 2.44. The molecule has 0 bridgehead atoms. The molecule has 2 heterocycles. The van der Waals surface area contributed by atoms with Gasteiger partial charge in [0.1, 0.15) is 5.75 Å². The molecule has 8 nitrogen and oxygen atoms in total. The topological polar surface area (TPSA) is 103 Å². The maximum Gasteiger partial charge on any atom is 0.348 e. The fourth-order valence-electron chi connectivity index (χ4n) is 3.18. The first-order valence-electron chi connectivity index (χ1n) is 8.65. The van der Waals surface area contributed by atoms with E-state index in [0.29, 0.717) is 22.6 Å². The van der Waals surface area contributed by atoms with E-state index in [1.807, 2.05) is 56.3 Å². The predicted molar refractivity (Wildman–Crippen MR) is 105 cm³/mol. The summed E-state index contributed by atoms with van der Waals surface area (Å²) in [4.78, 5) is 14.4. The van der Waals surface area contributed by atoms with Crippen LogP contribution in [0.2, 0.25) is 0 Å². The zero-order valence-electron chi connectivity index (χ0n) is 15.3. The van der Waals surface area contributed by atoms with Gasteiger partial charge in [0.25, 0.3) is 0 Å². The Morgan fingerprint density at radius 1 is 1.15 bits per heavy atom. The SMILES string of the molecule is CCc1[nH]nc2cc(O)c(-c3n[nH]c(=O)n3-c3cccc(N(C)C)c3)cc12. The summed E-state index contributed by atoms with van der Waals surface area (Å²) in [5, 5.41) is 25.3. The number of H-pyrrole nitrogens is 2. The molecule has 0 fully saturated rings. The summed E-state index contributed by atoms with van der Waals surface area (Å²) in [6, 6.07) is 11.0. The first kappa shape index (κ1) is 16.9. The smallest absolute Gasteiger partial charge is 0.348 e. The van der Waals surface area contributed by atoms with E-state index in [-0.39, 0.29) is 11.4 Å². The number of fused-ring (bicyclic) bond motifs is 1. The van der Waals surface area contributed by atoms with Crippen LogP contribution in [0.1, 0.15) is 12.6 Å². The molecule has 138 valence electrons. The Morgan fingerprint density at radius 2 is 1.96 bits per heavy atom. The molecule has 3 N–H and O–H groups in total. The number of hydrogen-bond donors (Lipinski definition) is 3. The lowest BCUT2D eigenvalue weighted by Gasteiger charge is -2.14. The molecule has 27 heavy (non-hydrogen) atoms. The lowest BCUT2D eigenvalue weighted by Crippen LogP contribution is -2.16. The Morgan fingerprint density at radius 3 is 2.70 bits per heavy atom. The monoisotopic (exact) mass is 364 g/mol. The number of phenolic OH excluding ortho intramolecular Hbond substituents is 1. The minimum atomic E-state index is -0.372. The van der Waals surface area contributed by atoms with Crippen LogP contribution in [0.5, 0.6) is 5.75 Å². The van der Waals surface area contributed by atoms with Crippen LogP contribution >= 0.6 is 0 Å². The third-order valence-corrected chi connectivity index (χ3v) is 4.62. The highest BCUT2D eigenvalue weighted by Crippen LogP contribution is 2.33. The highest BCUT2D eigenvalue weighted by Gasteiger charge is 2.18. The lowest BCUT2D eigenvalue weighted by atomic mass is 10.1. The highest BCUT2D eigenvalue weighted by molar-refractivity contribution is 5.89. The van der Waals surface area contributed by atoms with Gasteiger partial charge in [0.2, 0.25) is 0 Å². The van der Waals surface area contributed by atoms with Crippen molar-refractivity contribution in [3.63, 3.8) is 0 Å². The maximum absolute atomic E-state index is 12.5. The van der Waals surface area contributed by atoms with Gasteiger partial charge in [-0.2, -0.15) is 10.2 Å². The molecule has 0 saturated heterocycles. The van der Waals surface area contributed by atoms with Crippen LogP contribution < -0.4 is 10.6 Å². The van der Waals surface area contributed by atoms with Crippen molar-refractivity contribution in [1.29, 1.82) is 0 Å². The van der Waals surface area contributed by atoms with Gasteiger partial charge in [-0.05, 0) is 30.7 Å². The van der Waals surface area contributed by atoms with Crippen molar-refractivity contribution in [1.82, 2.24) is 25.0 Å². The summed E-state index contributed by atoms with van der Waals surface area (Å²) in [5.41, 5.74) is 3.35. The van der Waals surface area contributed by atoms with Gasteiger partial charge in [-0.1, -0.05) is 13.0 Å². The number of aromatic hydroxyl groups is 1. The van der Waals surface area contributed by atoms with Crippen LogP contribution in [-0.2, 0) is 6.42 Å². The van der Waals surface area contributed by atoms with Crippen molar-refractivity contribution in [3.8, 4) is 22.8 Å². The zero-order valence-corrected chi connectivity index (χ0v) is 15.3. The summed E-state index contributed by atoms with van der Waals surface area (Å²) in [6.07, 6.45) is 0.777. The second kappa shape index (κ2) is 6.31. The number of aromatic amines is 2. The molecular weight excluding hydrogens is 344 g/mol. The third-order valence-electron chi connectivity index (χ3n) is 4.62. The number of anilines is 1. The standard InChI is InChI=1S/C19H20N6O2/c1-4-15-13-9-14(17(26)10-16(13)21-20-15)18-22-23-19(27)25(18)12-7-5-6-11(8-12)24(2)3/h5-10,26H,4H2,1-3H3,(H,20,21)(H,23,27). The average molecular weight is 364 g/mol. The number of nitrogens with one attached hydrogen (secondary N) is 2. The van der Waals surface area contributed by atoms with Crippen molar-refractivity contribution in [3.05, 3.63) is 52.6 Å². The molecule has 0 unspecified atom stereocenters. The Balaban J connectivity index is 1.95. The number of hydrogen-bond acceptors (Lipinski definition) is 5. The highest BCUT2D eigenvalue weighted by atomic mass is 16.3. The first-order chi connectivity index (χ1) is 13.0. The van der Waals surface area contributed by atoms with Crippen molar-refractivity contribution in [2.24, 2.45) is 0 Å². The average Bonchev–Trinajstić information content (AvgIpc) is 3.23. The number of phenols is 1. The second-order valence-corrected chi connectivity index (χ2v) is 6.54. The van der Waals surface area contributed by atoms with Gasteiger partial charge in [0, 0.05) is 36.9 Å². The second-order valence-electron chi connectivity index (χ2n) is 6.54. The van der Waals surface area contributed by atoms with Crippen molar-refractivity contribution in [2.45, 2.75) is 13.3 Å². The maximum atomic E-state index is 12.5. The summed E-state index contributed by atoms with van der Waals surface area (Å²) in [6.45, 7) is 2.02. The minimum absolute atomic E-state index is 0.0145. The third kappa shape index (κ3) is 2.75. The Kier molecular flexibility index (Phi) is 3.95. The van der Waals surface area contributed by atoms with Crippen LogP contribution in [0.3, 0.4) is 0 Å². The van der Waals surface area contributed by atoms with E-state index >= 15 is 0 Å². The quantitative estimate of drug-likeness (QED) is 0.516. The van der Waals surface area contributed by atoms with Crippen LogP contribution in [0.4, 0.5) is 5.69 Å². The Bertz CT molecular complexity index is 1180. The molecule has 4 rings (SSSR count). The Hall–Kier alpha value is -3.55. The molecule has 0 spiro atoms. The largest absolute Gasteiger partial charge is 0.507 e. The van der Waals surface area contributed by atoms with Crippen molar-refractivity contribution < 1.29 is 5.11 Å². The molecule has 0 aliphatic rings. The minimum Gasteiger partial charge on any atom is -0.507 e. The van der Waals surface area contributed by atoms with E-state index in [4.69, 9.17) is 0 Å². The van der Waals surface area contributed by atoms with E-state index < -0.39 is 0 Å². The molecule has 0 amide bonds. The van der Waals surface area contributed by atoms with Crippen LogP contribution in [0, 0.1) is 0 Å². The summed E-state index contributed by atoms with van der Waals surface area (Å²) in [5.74, 6) is 0.360. The van der Waals surface area contributed by atoms with Crippen molar-refractivity contribution >= 4 is 16.6 Å². The van der Waals surface area contributed by atoms with Gasteiger partial charge in [0.05, 0.1) is 16.8 Å². The molecule has 0 atom stereocenters. The summed E-state index contributed by atoms with van der Waals surface area (Å²) >= 11 is 0.